The highest BCUT2D eigenvalue weighted by Crippen LogP contribution is 2.31. The third-order valence-electron chi connectivity index (χ3n) is 3.31. The Labute approximate surface area is 120 Å². The van der Waals surface area contributed by atoms with Crippen LogP contribution in [-0.4, -0.2) is 34.5 Å². The molecule has 2 heterocycles. The molecule has 1 fully saturated rings. The van der Waals surface area contributed by atoms with Crippen molar-refractivity contribution < 1.29 is 0 Å². The first-order valence-electron chi connectivity index (χ1n) is 7.09. The Bertz CT molecular complexity index is 291. The van der Waals surface area contributed by atoms with Gasteiger partial charge in [-0.3, -0.25) is 4.99 Å². The molecule has 0 aliphatic carbocycles. The van der Waals surface area contributed by atoms with Crippen molar-refractivity contribution in [2.45, 2.75) is 57.0 Å². The van der Waals surface area contributed by atoms with E-state index >= 15 is 0 Å². The zero-order chi connectivity index (χ0) is 13.0. The van der Waals surface area contributed by atoms with Crippen LogP contribution in [0.3, 0.4) is 0 Å². The molecule has 0 aromatic heterocycles. The van der Waals surface area contributed by atoms with Gasteiger partial charge in [-0.1, -0.05) is 39.0 Å². The molecule has 0 aromatic rings. The molecular formula is C14H26N2S2. The number of nitrogens with zero attached hydrogens (tertiary/aromatic N) is 1. The van der Waals surface area contributed by atoms with Crippen LogP contribution in [0.25, 0.3) is 0 Å². The van der Waals surface area contributed by atoms with Crippen LogP contribution >= 0.6 is 23.5 Å². The number of nitrogens with one attached hydrogen (secondary N) is 1. The van der Waals surface area contributed by atoms with Crippen LogP contribution in [0, 0.1) is 5.41 Å². The van der Waals surface area contributed by atoms with E-state index in [9.17, 15) is 0 Å². The predicted octanol–water partition coefficient (Wildman–Crippen LogP) is 3.77. The number of amidine groups is 1. The highest BCUT2D eigenvalue weighted by atomic mass is 32.2. The molecule has 0 aromatic carbocycles. The summed E-state index contributed by atoms with van der Waals surface area (Å²) >= 11 is 4.09. The summed E-state index contributed by atoms with van der Waals surface area (Å²) in [7, 11) is 0. The molecule has 0 amide bonds. The Balaban J connectivity index is 1.66. The molecule has 0 spiro atoms. The average Bonchev–Trinajstić information content (AvgIpc) is 2.73. The van der Waals surface area contributed by atoms with Gasteiger partial charge < -0.3 is 5.32 Å². The topological polar surface area (TPSA) is 24.4 Å². The molecule has 1 N–H and O–H groups in total. The maximum absolute atomic E-state index is 4.64. The van der Waals surface area contributed by atoms with Crippen LogP contribution in [0.15, 0.2) is 4.99 Å². The Morgan fingerprint density at radius 1 is 1.28 bits per heavy atom. The van der Waals surface area contributed by atoms with E-state index in [0.717, 1.165) is 18.3 Å². The fraction of sp³-hybridized carbons (Fsp3) is 0.929. The first-order chi connectivity index (χ1) is 8.53. The van der Waals surface area contributed by atoms with Gasteiger partial charge in [-0.15, -0.1) is 0 Å². The van der Waals surface area contributed by atoms with Crippen LogP contribution in [-0.2, 0) is 0 Å². The molecule has 2 aliphatic heterocycles. The summed E-state index contributed by atoms with van der Waals surface area (Å²) in [5.41, 5.74) is 0.419. The molecule has 2 rings (SSSR count). The van der Waals surface area contributed by atoms with Crippen molar-refractivity contribution in [1.82, 2.24) is 5.32 Å². The summed E-state index contributed by atoms with van der Waals surface area (Å²) in [4.78, 5) is 4.64. The Kier molecular flexibility index (Phi) is 5.31. The smallest absolute Gasteiger partial charge is 0.156 e. The molecule has 0 radical (unpaired) electrons. The monoisotopic (exact) mass is 286 g/mol. The SMILES string of the molecule is CC(C)(C)CC1CN=C(NCC2CCCCS2)S1. The van der Waals surface area contributed by atoms with Gasteiger partial charge in [0.15, 0.2) is 5.17 Å². The summed E-state index contributed by atoms with van der Waals surface area (Å²) < 4.78 is 0. The van der Waals surface area contributed by atoms with Crippen molar-refractivity contribution in [2.75, 3.05) is 18.8 Å². The largest absolute Gasteiger partial charge is 0.364 e. The summed E-state index contributed by atoms with van der Waals surface area (Å²) in [6.45, 7) is 9.06. The molecule has 18 heavy (non-hydrogen) atoms. The summed E-state index contributed by atoms with van der Waals surface area (Å²) in [5.74, 6) is 1.35. The third kappa shape index (κ3) is 5.04. The number of hydrogen-bond acceptors (Lipinski definition) is 4. The molecule has 4 heteroatoms. The molecule has 1 saturated heterocycles. The van der Waals surface area contributed by atoms with E-state index in [-0.39, 0.29) is 0 Å². The van der Waals surface area contributed by atoms with Crippen molar-refractivity contribution >= 4 is 28.7 Å². The second-order valence-electron chi connectivity index (χ2n) is 6.52. The molecule has 0 saturated carbocycles. The zero-order valence-corrected chi connectivity index (χ0v) is 13.5. The normalized spacial score (nSPS) is 29.2. The van der Waals surface area contributed by atoms with Gasteiger partial charge in [0.1, 0.15) is 0 Å². The Morgan fingerprint density at radius 3 is 2.78 bits per heavy atom. The van der Waals surface area contributed by atoms with Crippen LogP contribution in [0.4, 0.5) is 0 Å². The lowest BCUT2D eigenvalue weighted by Crippen LogP contribution is -2.30. The van der Waals surface area contributed by atoms with Gasteiger partial charge >= 0.3 is 0 Å². The number of hydrogen-bond donors (Lipinski definition) is 1. The lowest BCUT2D eigenvalue weighted by atomic mass is 9.90. The molecule has 2 nitrogen and oxygen atoms in total. The van der Waals surface area contributed by atoms with Gasteiger partial charge in [-0.05, 0) is 30.4 Å². The molecular weight excluding hydrogens is 260 g/mol. The highest BCUT2D eigenvalue weighted by Gasteiger charge is 2.25. The fourth-order valence-corrected chi connectivity index (χ4v) is 5.08. The van der Waals surface area contributed by atoms with Gasteiger partial charge in [0, 0.05) is 17.0 Å². The molecule has 2 aliphatic rings. The van der Waals surface area contributed by atoms with E-state index in [1.54, 1.807) is 0 Å². The van der Waals surface area contributed by atoms with Crippen LogP contribution < -0.4 is 5.32 Å². The van der Waals surface area contributed by atoms with Gasteiger partial charge in [0.2, 0.25) is 0 Å². The second-order valence-corrected chi connectivity index (χ2v) is 9.22. The summed E-state index contributed by atoms with van der Waals surface area (Å²) in [6.07, 6.45) is 5.45. The summed E-state index contributed by atoms with van der Waals surface area (Å²) in [5, 5.41) is 6.24. The molecule has 2 unspecified atom stereocenters. The standard InChI is InChI=1S/C14H26N2S2/c1-14(2,3)8-12-10-16-13(18-12)15-9-11-6-4-5-7-17-11/h11-12H,4-10H2,1-3H3,(H,15,16). The van der Waals surface area contributed by atoms with Crippen molar-refractivity contribution in [3.63, 3.8) is 0 Å². The number of aliphatic imine (C=N–C) groups is 1. The first-order valence-corrected chi connectivity index (χ1v) is 9.02. The first kappa shape index (κ1) is 14.6. The van der Waals surface area contributed by atoms with Crippen LogP contribution in [0.5, 0.6) is 0 Å². The Hall–Kier alpha value is 0.170. The molecule has 104 valence electrons. The lowest BCUT2D eigenvalue weighted by Gasteiger charge is -2.23. The third-order valence-corrected chi connectivity index (χ3v) is 5.86. The van der Waals surface area contributed by atoms with Crippen molar-refractivity contribution in [1.29, 1.82) is 0 Å². The highest BCUT2D eigenvalue weighted by molar-refractivity contribution is 8.14. The maximum Gasteiger partial charge on any atom is 0.156 e. The Morgan fingerprint density at radius 2 is 2.11 bits per heavy atom. The zero-order valence-electron chi connectivity index (χ0n) is 11.9. The van der Waals surface area contributed by atoms with E-state index in [2.05, 4.69) is 42.8 Å². The van der Waals surface area contributed by atoms with E-state index < -0.39 is 0 Å². The van der Waals surface area contributed by atoms with Crippen LogP contribution in [0.2, 0.25) is 0 Å². The lowest BCUT2D eigenvalue weighted by molar-refractivity contribution is 0.375. The van der Waals surface area contributed by atoms with Gasteiger partial charge in [-0.2, -0.15) is 11.8 Å². The maximum atomic E-state index is 4.64. The van der Waals surface area contributed by atoms with Crippen LogP contribution in [0.1, 0.15) is 46.5 Å². The second kappa shape index (κ2) is 6.56. The number of thioether (sulfide) groups is 2. The van der Waals surface area contributed by atoms with Gasteiger partial charge in [0.05, 0.1) is 6.54 Å². The number of rotatable bonds is 3. The van der Waals surface area contributed by atoms with E-state index in [4.69, 9.17) is 0 Å². The summed E-state index contributed by atoms with van der Waals surface area (Å²) in [6, 6.07) is 0. The van der Waals surface area contributed by atoms with Crippen molar-refractivity contribution in [2.24, 2.45) is 10.4 Å². The molecule has 0 bridgehead atoms. The van der Waals surface area contributed by atoms with Crippen molar-refractivity contribution in [3.05, 3.63) is 0 Å². The van der Waals surface area contributed by atoms with Gasteiger partial charge in [0.25, 0.3) is 0 Å². The van der Waals surface area contributed by atoms with E-state index in [1.807, 2.05) is 11.8 Å². The quantitative estimate of drug-likeness (QED) is 0.854. The predicted molar refractivity (Wildman–Crippen MR) is 85.9 cm³/mol. The minimum absolute atomic E-state index is 0.419. The average molecular weight is 287 g/mol. The molecule has 2 atom stereocenters. The van der Waals surface area contributed by atoms with E-state index in [1.165, 1.54) is 36.6 Å². The fourth-order valence-electron chi connectivity index (χ4n) is 2.47. The van der Waals surface area contributed by atoms with E-state index in [0.29, 0.717) is 10.7 Å². The van der Waals surface area contributed by atoms with Gasteiger partial charge in [-0.25, -0.2) is 0 Å². The minimum atomic E-state index is 0.419. The minimum Gasteiger partial charge on any atom is -0.364 e. The van der Waals surface area contributed by atoms with Crippen molar-refractivity contribution in [3.8, 4) is 0 Å².